The normalized spacial score (nSPS) is 26.9. The number of aliphatic hydroxyl groups excluding tert-OH is 1. The third kappa shape index (κ3) is 1.63. The molecule has 1 aliphatic rings. The second kappa shape index (κ2) is 3.42. The average molecular weight is 192 g/mol. The molecule has 2 rings (SSSR count). The van der Waals surface area contributed by atoms with E-state index in [1.165, 1.54) is 0 Å². The minimum atomic E-state index is -0.801. The summed E-state index contributed by atoms with van der Waals surface area (Å²) in [4.78, 5) is 10.6. The van der Waals surface area contributed by atoms with Gasteiger partial charge in [0.1, 0.15) is 0 Å². The van der Waals surface area contributed by atoms with Crippen LogP contribution in [-0.2, 0) is 4.79 Å². The number of aliphatic carboxylic acids is 1. The molecule has 1 aromatic rings. The van der Waals surface area contributed by atoms with E-state index in [-0.39, 0.29) is 11.8 Å². The molecule has 3 atom stereocenters. The third-order valence-corrected chi connectivity index (χ3v) is 2.70. The Balaban J connectivity index is 2.05. The van der Waals surface area contributed by atoms with Crippen LogP contribution >= 0.6 is 0 Å². The number of carbonyl (C=O) groups is 1. The second-order valence-corrected chi connectivity index (χ2v) is 3.70. The molecule has 0 bridgehead atoms. The molecule has 3 nitrogen and oxygen atoms in total. The van der Waals surface area contributed by atoms with Crippen molar-refractivity contribution in [1.29, 1.82) is 0 Å². The largest absolute Gasteiger partial charge is 0.481 e. The molecule has 3 heteroatoms. The summed E-state index contributed by atoms with van der Waals surface area (Å²) in [6, 6.07) is 9.20. The van der Waals surface area contributed by atoms with Gasteiger partial charge in [0.25, 0.3) is 0 Å². The van der Waals surface area contributed by atoms with Crippen molar-refractivity contribution < 1.29 is 15.0 Å². The van der Waals surface area contributed by atoms with Gasteiger partial charge in [0.15, 0.2) is 0 Å². The van der Waals surface area contributed by atoms with E-state index >= 15 is 0 Å². The van der Waals surface area contributed by atoms with Gasteiger partial charge in [0.2, 0.25) is 0 Å². The number of hydrogen-bond acceptors (Lipinski definition) is 2. The maximum atomic E-state index is 10.6. The van der Waals surface area contributed by atoms with Gasteiger partial charge in [-0.1, -0.05) is 30.3 Å². The predicted molar refractivity (Wildman–Crippen MR) is 50.6 cm³/mol. The highest BCUT2D eigenvalue weighted by Crippen LogP contribution is 2.47. The molecule has 1 saturated carbocycles. The molecule has 0 heterocycles. The zero-order valence-electron chi connectivity index (χ0n) is 7.63. The van der Waals surface area contributed by atoms with Crippen LogP contribution in [-0.4, -0.2) is 16.2 Å². The monoisotopic (exact) mass is 192 g/mol. The van der Waals surface area contributed by atoms with E-state index < -0.39 is 12.1 Å². The summed E-state index contributed by atoms with van der Waals surface area (Å²) < 4.78 is 0. The molecule has 0 amide bonds. The van der Waals surface area contributed by atoms with Crippen LogP contribution in [0, 0.1) is 11.8 Å². The fraction of sp³-hybridized carbons (Fsp3) is 0.364. The lowest BCUT2D eigenvalue weighted by molar-refractivity contribution is -0.139. The number of aliphatic hydroxyl groups is 1. The topological polar surface area (TPSA) is 57.5 Å². The summed E-state index contributed by atoms with van der Waals surface area (Å²) in [5, 5.41) is 18.5. The summed E-state index contributed by atoms with van der Waals surface area (Å²) in [5.41, 5.74) is 0.807. The van der Waals surface area contributed by atoms with Crippen molar-refractivity contribution in [3.63, 3.8) is 0 Å². The Labute approximate surface area is 82.0 Å². The van der Waals surface area contributed by atoms with E-state index in [0.717, 1.165) is 5.56 Å². The van der Waals surface area contributed by atoms with Crippen molar-refractivity contribution in [3.05, 3.63) is 35.9 Å². The lowest BCUT2D eigenvalue weighted by Crippen LogP contribution is -2.06. The van der Waals surface area contributed by atoms with E-state index in [4.69, 9.17) is 5.11 Å². The van der Waals surface area contributed by atoms with E-state index in [1.54, 1.807) is 0 Å². The lowest BCUT2D eigenvalue weighted by Gasteiger charge is -2.08. The Morgan fingerprint density at radius 3 is 2.50 bits per heavy atom. The Kier molecular flexibility index (Phi) is 2.25. The molecule has 0 aliphatic heterocycles. The van der Waals surface area contributed by atoms with Crippen molar-refractivity contribution in [2.75, 3.05) is 0 Å². The zero-order valence-corrected chi connectivity index (χ0v) is 7.63. The maximum Gasteiger partial charge on any atom is 0.306 e. The van der Waals surface area contributed by atoms with Crippen LogP contribution in [0.1, 0.15) is 18.1 Å². The molecule has 2 N–H and O–H groups in total. The standard InChI is InChI=1S/C11H12O3/c12-10(7-4-2-1-3-5-7)8-6-9(8)11(13)14/h1-5,8-10,12H,6H2,(H,13,14)/t8-,9+,10?/m0/s1. The van der Waals surface area contributed by atoms with Crippen LogP contribution < -0.4 is 0 Å². The number of benzene rings is 1. The van der Waals surface area contributed by atoms with Gasteiger partial charge in [0, 0.05) is 5.92 Å². The minimum Gasteiger partial charge on any atom is -0.481 e. The summed E-state index contributed by atoms with van der Waals surface area (Å²) in [6.07, 6.45) is -0.0388. The van der Waals surface area contributed by atoms with Crippen molar-refractivity contribution in [1.82, 2.24) is 0 Å². The summed E-state index contributed by atoms with van der Waals surface area (Å²) in [6.45, 7) is 0. The summed E-state index contributed by atoms with van der Waals surface area (Å²) in [7, 11) is 0. The maximum absolute atomic E-state index is 10.6. The van der Waals surface area contributed by atoms with Gasteiger partial charge in [-0.25, -0.2) is 0 Å². The van der Waals surface area contributed by atoms with Crippen molar-refractivity contribution in [2.24, 2.45) is 11.8 Å². The van der Waals surface area contributed by atoms with Crippen molar-refractivity contribution in [3.8, 4) is 0 Å². The van der Waals surface area contributed by atoms with Gasteiger partial charge in [-0.05, 0) is 12.0 Å². The Morgan fingerprint density at radius 1 is 1.36 bits per heavy atom. The third-order valence-electron chi connectivity index (χ3n) is 2.70. The van der Waals surface area contributed by atoms with E-state index in [9.17, 15) is 9.90 Å². The Hall–Kier alpha value is -1.35. The highest BCUT2D eigenvalue weighted by Gasteiger charge is 2.47. The lowest BCUT2D eigenvalue weighted by atomic mass is 10.0. The average Bonchev–Trinajstić information content (AvgIpc) is 2.97. The van der Waals surface area contributed by atoms with Crippen molar-refractivity contribution >= 4 is 5.97 Å². The van der Waals surface area contributed by atoms with E-state index in [1.807, 2.05) is 30.3 Å². The molecule has 0 saturated heterocycles. The quantitative estimate of drug-likeness (QED) is 0.761. The number of rotatable bonds is 3. The molecule has 0 spiro atoms. The molecule has 14 heavy (non-hydrogen) atoms. The molecule has 0 aromatic heterocycles. The molecule has 1 aliphatic carbocycles. The Bertz CT molecular complexity index is 334. The van der Waals surface area contributed by atoms with Crippen LogP contribution in [0.3, 0.4) is 0 Å². The highest BCUT2D eigenvalue weighted by atomic mass is 16.4. The van der Waals surface area contributed by atoms with Crippen LogP contribution in [0.4, 0.5) is 0 Å². The van der Waals surface area contributed by atoms with Gasteiger partial charge in [-0.15, -0.1) is 0 Å². The second-order valence-electron chi connectivity index (χ2n) is 3.70. The van der Waals surface area contributed by atoms with Gasteiger partial charge in [-0.3, -0.25) is 4.79 Å². The van der Waals surface area contributed by atoms with E-state index in [0.29, 0.717) is 6.42 Å². The number of carboxylic acids is 1. The van der Waals surface area contributed by atoms with Crippen molar-refractivity contribution in [2.45, 2.75) is 12.5 Å². The fourth-order valence-corrected chi connectivity index (χ4v) is 1.74. The van der Waals surface area contributed by atoms with Gasteiger partial charge >= 0.3 is 5.97 Å². The van der Waals surface area contributed by atoms with Crippen LogP contribution in [0.5, 0.6) is 0 Å². The zero-order chi connectivity index (χ0) is 10.1. The van der Waals surface area contributed by atoms with Crippen LogP contribution in [0.25, 0.3) is 0 Å². The first-order valence-electron chi connectivity index (χ1n) is 4.66. The first kappa shape index (κ1) is 9.21. The Morgan fingerprint density at radius 2 is 2.00 bits per heavy atom. The van der Waals surface area contributed by atoms with Crippen LogP contribution in [0.15, 0.2) is 30.3 Å². The summed E-state index contributed by atoms with van der Waals surface area (Å²) in [5.74, 6) is -1.26. The summed E-state index contributed by atoms with van der Waals surface area (Å²) >= 11 is 0. The smallest absolute Gasteiger partial charge is 0.306 e. The number of carboxylic acid groups (broad SMARTS) is 1. The molecule has 1 fully saturated rings. The predicted octanol–water partition coefficient (Wildman–Crippen LogP) is 1.44. The molecule has 74 valence electrons. The van der Waals surface area contributed by atoms with Gasteiger partial charge < -0.3 is 10.2 Å². The molecular weight excluding hydrogens is 180 g/mol. The molecule has 1 unspecified atom stereocenters. The van der Waals surface area contributed by atoms with Gasteiger partial charge in [0.05, 0.1) is 12.0 Å². The minimum absolute atomic E-state index is 0.102. The number of hydrogen-bond donors (Lipinski definition) is 2. The first-order chi connectivity index (χ1) is 6.70. The molecule has 0 radical (unpaired) electrons. The molecule has 1 aromatic carbocycles. The highest BCUT2D eigenvalue weighted by molar-refractivity contribution is 5.73. The van der Waals surface area contributed by atoms with E-state index in [2.05, 4.69) is 0 Å². The fourth-order valence-electron chi connectivity index (χ4n) is 1.74. The first-order valence-corrected chi connectivity index (χ1v) is 4.66. The molecular formula is C11H12O3. The van der Waals surface area contributed by atoms with Gasteiger partial charge in [-0.2, -0.15) is 0 Å². The SMILES string of the molecule is O=C(O)[C@@H]1C[C@@H]1C(O)c1ccccc1. The van der Waals surface area contributed by atoms with Crippen LogP contribution in [0.2, 0.25) is 0 Å².